The second-order valence-corrected chi connectivity index (χ2v) is 5.82. The van der Waals surface area contributed by atoms with E-state index in [-0.39, 0.29) is 17.9 Å². The van der Waals surface area contributed by atoms with Crippen LogP contribution in [0, 0.1) is 12.7 Å². The van der Waals surface area contributed by atoms with E-state index in [9.17, 15) is 9.18 Å². The summed E-state index contributed by atoms with van der Waals surface area (Å²) in [7, 11) is 0. The van der Waals surface area contributed by atoms with Crippen LogP contribution in [-0.4, -0.2) is 22.6 Å². The van der Waals surface area contributed by atoms with E-state index in [2.05, 4.69) is 10.5 Å². The number of nitrogens with zero attached hydrogens (tertiary/aromatic N) is 2. The van der Waals surface area contributed by atoms with Gasteiger partial charge in [0.05, 0.1) is 11.7 Å². The first kappa shape index (κ1) is 15.5. The Hall–Kier alpha value is -2.37. The molecule has 1 aromatic carbocycles. The second kappa shape index (κ2) is 6.40. The number of hydrogen-bond donors (Lipinski definition) is 1. The summed E-state index contributed by atoms with van der Waals surface area (Å²) >= 11 is 0. The molecule has 0 saturated carbocycles. The molecule has 1 atom stereocenters. The predicted molar refractivity (Wildman–Crippen MR) is 84.7 cm³/mol. The number of hydrogen-bond acceptors (Lipinski definition) is 3. The van der Waals surface area contributed by atoms with Gasteiger partial charge in [-0.15, -0.1) is 0 Å². The van der Waals surface area contributed by atoms with Crippen molar-refractivity contribution < 1.29 is 13.7 Å². The molecule has 23 heavy (non-hydrogen) atoms. The van der Waals surface area contributed by atoms with Crippen molar-refractivity contribution in [1.82, 2.24) is 10.1 Å². The van der Waals surface area contributed by atoms with Crippen LogP contribution in [0.1, 0.15) is 42.8 Å². The molecule has 0 unspecified atom stereocenters. The number of anilines is 1. The van der Waals surface area contributed by atoms with E-state index in [1.165, 1.54) is 6.07 Å². The summed E-state index contributed by atoms with van der Waals surface area (Å²) < 4.78 is 19.0. The van der Waals surface area contributed by atoms with Gasteiger partial charge >= 0.3 is 6.03 Å². The number of aryl methyl sites for hydroxylation is 2. The fourth-order valence-electron chi connectivity index (χ4n) is 2.82. The lowest BCUT2D eigenvalue weighted by molar-refractivity contribution is 0.195. The monoisotopic (exact) mass is 317 g/mol. The predicted octanol–water partition coefficient (Wildman–Crippen LogP) is 4.05. The Morgan fingerprint density at radius 2 is 2.30 bits per heavy atom. The molecule has 1 aliphatic heterocycles. The fourth-order valence-corrected chi connectivity index (χ4v) is 2.82. The Morgan fingerprint density at radius 1 is 1.48 bits per heavy atom. The summed E-state index contributed by atoms with van der Waals surface area (Å²) in [5, 5.41) is 6.75. The van der Waals surface area contributed by atoms with Crippen LogP contribution in [0.3, 0.4) is 0 Å². The van der Waals surface area contributed by atoms with Gasteiger partial charge in [-0.3, -0.25) is 0 Å². The Kier molecular flexibility index (Phi) is 4.32. The van der Waals surface area contributed by atoms with Gasteiger partial charge in [-0.1, -0.05) is 18.1 Å². The molecule has 1 fully saturated rings. The minimum atomic E-state index is -0.330. The van der Waals surface area contributed by atoms with Gasteiger partial charge in [-0.05, 0) is 43.9 Å². The maximum atomic E-state index is 13.6. The lowest BCUT2D eigenvalue weighted by Crippen LogP contribution is -2.34. The van der Waals surface area contributed by atoms with Crippen molar-refractivity contribution in [3.63, 3.8) is 0 Å². The van der Waals surface area contributed by atoms with E-state index in [1.54, 1.807) is 24.0 Å². The summed E-state index contributed by atoms with van der Waals surface area (Å²) in [6, 6.07) is 6.23. The van der Waals surface area contributed by atoms with Crippen molar-refractivity contribution in [2.24, 2.45) is 0 Å². The van der Waals surface area contributed by atoms with Crippen LogP contribution in [0.5, 0.6) is 0 Å². The summed E-state index contributed by atoms with van der Waals surface area (Å²) in [4.78, 5) is 14.2. The first-order chi connectivity index (χ1) is 11.1. The number of halogens is 1. The molecule has 1 saturated heterocycles. The molecule has 0 radical (unpaired) electrons. The SMILES string of the molecule is CCc1cc([C@H]2CCCN2C(=O)Nc2ccc(C)c(F)c2)on1. The zero-order valence-electron chi connectivity index (χ0n) is 13.3. The first-order valence-electron chi connectivity index (χ1n) is 7.87. The normalized spacial score (nSPS) is 17.5. The number of urea groups is 1. The highest BCUT2D eigenvalue weighted by Crippen LogP contribution is 2.33. The summed E-state index contributed by atoms with van der Waals surface area (Å²) in [6.45, 7) is 4.34. The third-order valence-corrected chi connectivity index (χ3v) is 4.20. The molecule has 2 heterocycles. The average molecular weight is 317 g/mol. The van der Waals surface area contributed by atoms with E-state index >= 15 is 0 Å². The molecule has 2 amide bonds. The highest BCUT2D eigenvalue weighted by atomic mass is 19.1. The second-order valence-electron chi connectivity index (χ2n) is 5.82. The number of carbonyl (C=O) groups excluding carboxylic acids is 1. The van der Waals surface area contributed by atoms with Crippen molar-refractivity contribution in [1.29, 1.82) is 0 Å². The van der Waals surface area contributed by atoms with Crippen LogP contribution in [0.4, 0.5) is 14.9 Å². The largest absolute Gasteiger partial charge is 0.359 e. The molecular weight excluding hydrogens is 297 g/mol. The van der Waals surface area contributed by atoms with E-state index in [0.717, 1.165) is 25.0 Å². The number of aromatic nitrogens is 1. The number of rotatable bonds is 3. The minimum Gasteiger partial charge on any atom is -0.359 e. The van der Waals surface area contributed by atoms with Gasteiger partial charge in [-0.25, -0.2) is 9.18 Å². The van der Waals surface area contributed by atoms with Gasteiger partial charge in [-0.2, -0.15) is 0 Å². The van der Waals surface area contributed by atoms with E-state index in [1.807, 2.05) is 13.0 Å². The maximum absolute atomic E-state index is 13.6. The number of nitrogens with one attached hydrogen (secondary N) is 1. The van der Waals surface area contributed by atoms with Crippen molar-refractivity contribution in [2.45, 2.75) is 39.2 Å². The number of amides is 2. The minimum absolute atomic E-state index is 0.113. The molecule has 0 aliphatic carbocycles. The molecule has 1 N–H and O–H groups in total. The molecule has 5 nitrogen and oxygen atoms in total. The highest BCUT2D eigenvalue weighted by Gasteiger charge is 2.32. The molecular formula is C17H20FN3O2. The molecule has 6 heteroatoms. The third-order valence-electron chi connectivity index (χ3n) is 4.20. The average Bonchev–Trinajstić information content (AvgIpc) is 3.18. The van der Waals surface area contributed by atoms with Crippen LogP contribution >= 0.6 is 0 Å². The van der Waals surface area contributed by atoms with Crippen LogP contribution in [0.15, 0.2) is 28.8 Å². The lowest BCUT2D eigenvalue weighted by Gasteiger charge is -2.23. The molecule has 3 rings (SSSR count). The van der Waals surface area contributed by atoms with Crippen molar-refractivity contribution in [2.75, 3.05) is 11.9 Å². The topological polar surface area (TPSA) is 58.4 Å². The van der Waals surface area contributed by atoms with Gasteiger partial charge < -0.3 is 14.7 Å². The zero-order chi connectivity index (χ0) is 16.4. The van der Waals surface area contributed by atoms with Crippen molar-refractivity contribution in [3.8, 4) is 0 Å². The van der Waals surface area contributed by atoms with Gasteiger partial charge in [0.1, 0.15) is 5.82 Å². The van der Waals surface area contributed by atoms with E-state index < -0.39 is 0 Å². The van der Waals surface area contributed by atoms with Gasteiger partial charge in [0, 0.05) is 18.3 Å². The molecule has 1 aliphatic rings. The van der Waals surface area contributed by atoms with Gasteiger partial charge in [0.2, 0.25) is 0 Å². The molecule has 0 bridgehead atoms. The summed E-state index contributed by atoms with van der Waals surface area (Å²) in [5.74, 6) is 0.383. The standard InChI is InChI=1S/C17H20FN3O2/c1-3-12-10-16(23-20-12)15-5-4-8-21(15)17(22)19-13-7-6-11(2)14(18)9-13/h6-7,9-10,15H,3-5,8H2,1-2H3,(H,19,22)/t15-/m1/s1. The Balaban J connectivity index is 1.73. The van der Waals surface area contributed by atoms with Gasteiger partial charge in [0.15, 0.2) is 5.76 Å². The molecule has 1 aromatic heterocycles. The lowest BCUT2D eigenvalue weighted by atomic mass is 10.1. The van der Waals surface area contributed by atoms with E-state index in [4.69, 9.17) is 4.52 Å². The van der Waals surface area contributed by atoms with Crippen LogP contribution in [0.2, 0.25) is 0 Å². The quantitative estimate of drug-likeness (QED) is 0.929. The summed E-state index contributed by atoms with van der Waals surface area (Å²) in [6.07, 6.45) is 2.54. The number of carbonyl (C=O) groups is 1. The molecule has 2 aromatic rings. The van der Waals surface area contributed by atoms with Crippen LogP contribution in [0.25, 0.3) is 0 Å². The fraction of sp³-hybridized carbons (Fsp3) is 0.412. The molecule has 0 spiro atoms. The van der Waals surface area contributed by atoms with E-state index in [0.29, 0.717) is 23.6 Å². The molecule has 122 valence electrons. The van der Waals surface area contributed by atoms with Crippen LogP contribution in [-0.2, 0) is 6.42 Å². The smallest absolute Gasteiger partial charge is 0.322 e. The highest BCUT2D eigenvalue weighted by molar-refractivity contribution is 5.89. The van der Waals surface area contributed by atoms with Crippen molar-refractivity contribution >= 4 is 11.7 Å². The first-order valence-corrected chi connectivity index (χ1v) is 7.87. The Bertz CT molecular complexity index is 714. The van der Waals surface area contributed by atoms with Crippen molar-refractivity contribution in [3.05, 3.63) is 47.1 Å². The Labute approximate surface area is 134 Å². The third kappa shape index (κ3) is 3.21. The number of likely N-dealkylation sites (tertiary alicyclic amines) is 1. The van der Waals surface area contributed by atoms with Crippen LogP contribution < -0.4 is 5.32 Å². The zero-order valence-corrected chi connectivity index (χ0v) is 13.3. The number of benzene rings is 1. The maximum Gasteiger partial charge on any atom is 0.322 e. The summed E-state index contributed by atoms with van der Waals surface area (Å²) in [5.41, 5.74) is 1.89. The van der Waals surface area contributed by atoms with Gasteiger partial charge in [0.25, 0.3) is 0 Å². The Morgan fingerprint density at radius 3 is 3.00 bits per heavy atom.